The van der Waals surface area contributed by atoms with Crippen molar-refractivity contribution in [3.63, 3.8) is 0 Å². The van der Waals surface area contributed by atoms with E-state index in [4.69, 9.17) is 34.8 Å². The van der Waals surface area contributed by atoms with E-state index in [-0.39, 0.29) is 29.9 Å². The predicted octanol–water partition coefficient (Wildman–Crippen LogP) is 5.65. The molecule has 0 radical (unpaired) electrons. The minimum atomic E-state index is -0.303. The largest absolute Gasteiger partial charge is 0.329 e. The van der Waals surface area contributed by atoms with E-state index in [0.29, 0.717) is 39.2 Å². The molecule has 2 aromatic carbocycles. The molecule has 1 heterocycles. The SMILES string of the molecule is O=C1CC(c2ccc(Cl)c(Cl)c2)C2=C(CC(c3ccccc3Cl)CC2=O)N1. The van der Waals surface area contributed by atoms with Crippen LogP contribution in [0.15, 0.2) is 53.7 Å². The summed E-state index contributed by atoms with van der Waals surface area (Å²) >= 11 is 18.5. The van der Waals surface area contributed by atoms with Crippen LogP contribution in [0.2, 0.25) is 15.1 Å². The molecular weight excluding hydrogens is 405 g/mol. The summed E-state index contributed by atoms with van der Waals surface area (Å²) in [6, 6.07) is 12.8. The third-order valence-corrected chi connectivity index (χ3v) is 6.31. The zero-order chi connectivity index (χ0) is 19.1. The molecule has 2 unspecified atom stereocenters. The number of Topliss-reactive ketones (excluding diaryl/α,β-unsaturated/α-hetero) is 1. The lowest BCUT2D eigenvalue weighted by Gasteiger charge is -2.34. The Labute approximate surface area is 172 Å². The first-order chi connectivity index (χ1) is 12.9. The lowest BCUT2D eigenvalue weighted by Crippen LogP contribution is -2.38. The van der Waals surface area contributed by atoms with Gasteiger partial charge in [-0.1, -0.05) is 59.1 Å². The summed E-state index contributed by atoms with van der Waals surface area (Å²) in [6.45, 7) is 0. The molecule has 0 spiro atoms. The second-order valence-electron chi connectivity index (χ2n) is 6.92. The van der Waals surface area contributed by atoms with Crippen LogP contribution in [-0.4, -0.2) is 11.7 Å². The highest BCUT2D eigenvalue weighted by Gasteiger charge is 2.38. The van der Waals surface area contributed by atoms with Crippen molar-refractivity contribution in [2.24, 2.45) is 0 Å². The van der Waals surface area contributed by atoms with Gasteiger partial charge in [0, 0.05) is 35.1 Å². The summed E-state index contributed by atoms with van der Waals surface area (Å²) in [5.41, 5.74) is 3.14. The molecule has 4 rings (SSSR count). The maximum absolute atomic E-state index is 13.1. The standard InChI is InChI=1S/C21H16Cl3NO2/c22-15-4-2-1-3-13(15)12-8-18-21(19(26)9-12)14(10-20(27)25-18)11-5-6-16(23)17(24)7-11/h1-7,12,14H,8-10H2,(H,25,27). The average Bonchev–Trinajstić information content (AvgIpc) is 2.63. The molecular formula is C21H16Cl3NO2. The Morgan fingerprint density at radius 3 is 2.37 bits per heavy atom. The quantitative estimate of drug-likeness (QED) is 0.682. The minimum Gasteiger partial charge on any atom is -0.329 e. The third kappa shape index (κ3) is 3.52. The van der Waals surface area contributed by atoms with Gasteiger partial charge in [-0.25, -0.2) is 0 Å². The van der Waals surface area contributed by atoms with E-state index in [9.17, 15) is 9.59 Å². The Hall–Kier alpha value is -1.81. The van der Waals surface area contributed by atoms with Gasteiger partial charge in [0.1, 0.15) is 0 Å². The number of halogens is 3. The molecule has 0 fully saturated rings. The molecule has 6 heteroatoms. The number of allylic oxidation sites excluding steroid dienone is 2. The van der Waals surface area contributed by atoms with Crippen molar-refractivity contribution in [3.05, 3.63) is 79.9 Å². The van der Waals surface area contributed by atoms with Gasteiger partial charge < -0.3 is 5.32 Å². The van der Waals surface area contributed by atoms with Gasteiger partial charge in [0.25, 0.3) is 0 Å². The fourth-order valence-corrected chi connectivity index (χ4v) is 4.60. The predicted molar refractivity (Wildman–Crippen MR) is 107 cm³/mol. The van der Waals surface area contributed by atoms with E-state index in [2.05, 4.69) is 5.32 Å². The first kappa shape index (κ1) is 18.5. The monoisotopic (exact) mass is 419 g/mol. The van der Waals surface area contributed by atoms with Gasteiger partial charge in [-0.05, 0) is 41.7 Å². The number of hydrogen-bond donors (Lipinski definition) is 1. The van der Waals surface area contributed by atoms with Crippen molar-refractivity contribution in [2.45, 2.75) is 31.1 Å². The van der Waals surface area contributed by atoms with Crippen LogP contribution >= 0.6 is 34.8 Å². The second kappa shape index (κ2) is 7.31. The summed E-state index contributed by atoms with van der Waals surface area (Å²) in [5.74, 6) is -0.407. The second-order valence-corrected chi connectivity index (χ2v) is 8.14. The van der Waals surface area contributed by atoms with E-state index in [1.165, 1.54) is 0 Å². The topological polar surface area (TPSA) is 46.2 Å². The molecule has 138 valence electrons. The highest BCUT2D eigenvalue weighted by atomic mass is 35.5. The smallest absolute Gasteiger partial charge is 0.225 e. The molecule has 1 amide bonds. The van der Waals surface area contributed by atoms with E-state index in [1.807, 2.05) is 30.3 Å². The van der Waals surface area contributed by atoms with Crippen LogP contribution in [0, 0.1) is 0 Å². The van der Waals surface area contributed by atoms with Crippen molar-refractivity contribution in [2.75, 3.05) is 0 Å². The van der Waals surface area contributed by atoms with Gasteiger partial charge >= 0.3 is 0 Å². The number of carbonyl (C=O) groups excluding carboxylic acids is 2. The number of rotatable bonds is 2. The Morgan fingerprint density at radius 2 is 1.63 bits per heavy atom. The molecule has 27 heavy (non-hydrogen) atoms. The summed E-state index contributed by atoms with van der Waals surface area (Å²) < 4.78 is 0. The molecule has 0 aromatic heterocycles. The summed E-state index contributed by atoms with van der Waals surface area (Å²) in [6.07, 6.45) is 1.17. The van der Waals surface area contributed by atoms with E-state index < -0.39 is 0 Å². The van der Waals surface area contributed by atoms with Gasteiger partial charge in [0.15, 0.2) is 5.78 Å². The van der Waals surface area contributed by atoms with Crippen molar-refractivity contribution in [3.8, 4) is 0 Å². The Bertz CT molecular complexity index is 983. The molecule has 2 atom stereocenters. The van der Waals surface area contributed by atoms with Crippen LogP contribution in [0.5, 0.6) is 0 Å². The first-order valence-electron chi connectivity index (χ1n) is 8.69. The zero-order valence-electron chi connectivity index (χ0n) is 14.3. The normalized spacial score (nSPS) is 22.5. The highest BCUT2D eigenvalue weighted by molar-refractivity contribution is 6.42. The number of hydrogen-bond acceptors (Lipinski definition) is 2. The van der Waals surface area contributed by atoms with Crippen LogP contribution in [-0.2, 0) is 9.59 Å². The van der Waals surface area contributed by atoms with Crippen LogP contribution < -0.4 is 5.32 Å². The van der Waals surface area contributed by atoms with Crippen molar-refractivity contribution < 1.29 is 9.59 Å². The number of ketones is 1. The van der Waals surface area contributed by atoms with Gasteiger partial charge in [-0.15, -0.1) is 0 Å². The molecule has 0 bridgehead atoms. The third-order valence-electron chi connectivity index (χ3n) is 5.23. The van der Waals surface area contributed by atoms with Crippen LogP contribution in [0.4, 0.5) is 0 Å². The van der Waals surface area contributed by atoms with E-state index in [0.717, 1.165) is 11.1 Å². The number of benzene rings is 2. The molecule has 2 aromatic rings. The lowest BCUT2D eigenvalue weighted by atomic mass is 9.73. The van der Waals surface area contributed by atoms with Crippen LogP contribution in [0.3, 0.4) is 0 Å². The van der Waals surface area contributed by atoms with Gasteiger partial charge in [0.2, 0.25) is 5.91 Å². The highest BCUT2D eigenvalue weighted by Crippen LogP contribution is 2.44. The first-order valence-corrected chi connectivity index (χ1v) is 9.83. The van der Waals surface area contributed by atoms with Crippen LogP contribution in [0.1, 0.15) is 42.2 Å². The Kier molecular flexibility index (Phi) is 5.02. The van der Waals surface area contributed by atoms with Gasteiger partial charge in [-0.2, -0.15) is 0 Å². The molecule has 3 nitrogen and oxygen atoms in total. The maximum atomic E-state index is 13.1. The molecule has 2 aliphatic rings. The van der Waals surface area contributed by atoms with Crippen molar-refractivity contribution in [1.82, 2.24) is 5.32 Å². The lowest BCUT2D eigenvalue weighted by molar-refractivity contribution is -0.122. The molecule has 0 saturated heterocycles. The van der Waals surface area contributed by atoms with Crippen molar-refractivity contribution >= 4 is 46.5 Å². The Morgan fingerprint density at radius 1 is 0.852 bits per heavy atom. The summed E-state index contributed by atoms with van der Waals surface area (Å²) in [7, 11) is 0. The fraction of sp³-hybridized carbons (Fsp3) is 0.238. The Balaban J connectivity index is 1.74. The van der Waals surface area contributed by atoms with Gasteiger partial charge in [0.05, 0.1) is 10.0 Å². The zero-order valence-corrected chi connectivity index (χ0v) is 16.5. The van der Waals surface area contributed by atoms with Crippen molar-refractivity contribution in [1.29, 1.82) is 0 Å². The number of amides is 1. The molecule has 1 aliphatic carbocycles. The summed E-state index contributed by atoms with van der Waals surface area (Å²) in [5, 5.41) is 4.42. The molecule has 1 aliphatic heterocycles. The molecule has 1 N–H and O–H groups in total. The fourth-order valence-electron chi connectivity index (χ4n) is 4.00. The molecule has 0 saturated carbocycles. The van der Waals surface area contributed by atoms with E-state index >= 15 is 0 Å². The van der Waals surface area contributed by atoms with E-state index in [1.54, 1.807) is 12.1 Å². The number of carbonyl (C=O) groups is 2. The van der Waals surface area contributed by atoms with Gasteiger partial charge in [-0.3, -0.25) is 9.59 Å². The minimum absolute atomic E-state index is 0.0391. The average molecular weight is 421 g/mol. The number of nitrogens with one attached hydrogen (secondary N) is 1. The summed E-state index contributed by atoms with van der Waals surface area (Å²) in [4.78, 5) is 25.4. The van der Waals surface area contributed by atoms with Crippen LogP contribution in [0.25, 0.3) is 0 Å². The maximum Gasteiger partial charge on any atom is 0.225 e.